The number of aromatic amines is 4. The highest BCUT2D eigenvalue weighted by molar-refractivity contribution is 7.89. The lowest BCUT2D eigenvalue weighted by Crippen LogP contribution is -2.40. The van der Waals surface area contributed by atoms with Gasteiger partial charge in [0.15, 0.2) is 58.1 Å². The van der Waals surface area contributed by atoms with Crippen LogP contribution in [0.3, 0.4) is 0 Å². The fraction of sp³-hybridized carbons (Fsp3) is 0.257. The average molecular weight is 1540 g/mol. The molecule has 31 nitrogen and oxygen atoms in total. The fourth-order valence-electron chi connectivity index (χ4n) is 10.7. The lowest BCUT2D eigenvalue weighted by molar-refractivity contribution is 0.472. The first kappa shape index (κ1) is 73.9. The molecule has 0 bridgehead atoms. The number of halogens is 1. The van der Waals surface area contributed by atoms with Gasteiger partial charge in [-0.05, 0) is 144 Å². The van der Waals surface area contributed by atoms with E-state index in [1.165, 1.54) is 81.5 Å². The molecule has 0 aliphatic heterocycles. The van der Waals surface area contributed by atoms with Gasteiger partial charge in [0.2, 0.25) is 31.9 Å². The highest BCUT2D eigenvalue weighted by Gasteiger charge is 2.30. The number of phenolic OH excluding ortho intramolecular Hbond substituents is 1. The molecule has 4 aliphatic carbocycles. The van der Waals surface area contributed by atoms with E-state index in [9.17, 15) is 27.0 Å². The van der Waals surface area contributed by atoms with Gasteiger partial charge in [0, 0.05) is 136 Å². The van der Waals surface area contributed by atoms with Crippen LogP contribution in [0.15, 0.2) is 162 Å². The first-order chi connectivity index (χ1) is 52.0. The minimum atomic E-state index is -3.70. The van der Waals surface area contributed by atoms with Gasteiger partial charge in [-0.25, -0.2) is 55.8 Å². The molecule has 12 aromatic rings. The van der Waals surface area contributed by atoms with E-state index in [0.29, 0.717) is 116 Å². The van der Waals surface area contributed by atoms with Gasteiger partial charge in [0.25, 0.3) is 0 Å². The van der Waals surface area contributed by atoms with Crippen molar-refractivity contribution in [3.8, 4) is 52.7 Å². The molecular weight excluding hydrogens is 1430 g/mol. The maximum Gasteiger partial charge on any atom is 0.242 e. The molecule has 8 aromatic heterocycles. The van der Waals surface area contributed by atoms with E-state index < -0.39 is 25.6 Å². The van der Waals surface area contributed by atoms with Gasteiger partial charge in [-0.3, -0.25) is 20.4 Å². The normalized spacial score (nSPS) is 13.9. The molecule has 0 unspecified atom stereocenters. The Hall–Kier alpha value is -12.4. The monoisotopic (exact) mass is 1530 g/mol. The molecule has 108 heavy (non-hydrogen) atoms. The van der Waals surface area contributed by atoms with E-state index in [-0.39, 0.29) is 50.1 Å². The van der Waals surface area contributed by atoms with Gasteiger partial charge in [0.05, 0.1) is 46.4 Å². The number of anilines is 12. The minimum Gasteiger partial charge on any atom is -0.508 e. The lowest BCUT2D eigenvalue weighted by Gasteiger charge is -2.20. The largest absolute Gasteiger partial charge is 0.508 e. The number of phenols is 1. The van der Waals surface area contributed by atoms with Crippen LogP contribution in [0.5, 0.6) is 11.5 Å². The Morgan fingerprint density at radius 1 is 0.546 bits per heavy atom. The van der Waals surface area contributed by atoms with E-state index >= 15 is 0 Å². The van der Waals surface area contributed by atoms with Crippen LogP contribution in [0.25, 0.3) is 22.8 Å². The second-order valence-electron chi connectivity index (χ2n) is 27.1. The van der Waals surface area contributed by atoms with Gasteiger partial charge in [-0.15, -0.1) is 6.42 Å². The summed E-state index contributed by atoms with van der Waals surface area (Å²) in [6, 6.07) is 38.9. The predicted molar refractivity (Wildman–Crippen MR) is 436 cm³/mol. The van der Waals surface area contributed by atoms with Crippen molar-refractivity contribution in [3.05, 3.63) is 191 Å². The maximum absolute atomic E-state index is 12.6. The van der Waals surface area contributed by atoms with Crippen LogP contribution in [0.1, 0.15) is 147 Å². The molecule has 4 saturated carbocycles. The van der Waals surface area contributed by atoms with E-state index in [1.54, 1.807) is 93.8 Å². The summed E-state index contributed by atoms with van der Waals surface area (Å²) < 4.78 is 53.3. The number of terminal acetylenes is 1. The number of H-pyrrole nitrogens is 4. The van der Waals surface area contributed by atoms with E-state index in [1.807, 2.05) is 54.6 Å². The van der Waals surface area contributed by atoms with E-state index in [4.69, 9.17) is 23.3 Å². The maximum atomic E-state index is 12.6. The topological polar surface area (TPSA) is 438 Å². The summed E-state index contributed by atoms with van der Waals surface area (Å²) in [5, 5.41) is 76.6. The highest BCUT2D eigenvalue weighted by atomic mass is 35.5. The molecule has 0 spiro atoms. The first-order valence-corrected chi connectivity index (χ1v) is 37.8. The molecule has 4 aromatic carbocycles. The average Bonchev–Trinajstić information content (AvgIpc) is 1.53. The summed E-state index contributed by atoms with van der Waals surface area (Å²) >= 11 is 6.17. The van der Waals surface area contributed by atoms with Crippen LogP contribution in [-0.2, 0) is 26.5 Å². The van der Waals surface area contributed by atoms with Gasteiger partial charge in [-0.1, -0.05) is 53.9 Å². The van der Waals surface area contributed by atoms with Gasteiger partial charge >= 0.3 is 0 Å². The Morgan fingerprint density at radius 2 is 1.04 bits per heavy atom. The Morgan fingerprint density at radius 3 is 1.56 bits per heavy atom. The molecule has 0 saturated heterocycles. The fourth-order valence-corrected chi connectivity index (χ4v) is 13.2. The number of nitrogens with one attached hydrogen (secondary N) is 11. The molecule has 0 radical (unpaired) electrons. The number of hydrogen-bond acceptors (Lipinski definition) is 25. The molecule has 4 aliphatic rings. The molecule has 4 fully saturated rings. The molecule has 34 heteroatoms. The highest BCUT2D eigenvalue weighted by Crippen LogP contribution is 2.43. The van der Waals surface area contributed by atoms with Crippen molar-refractivity contribution in [1.82, 2.24) is 89.7 Å². The molecule has 0 amide bonds. The Balaban J connectivity index is 0.000000777. The number of sulfonamides is 2. The first-order valence-electron chi connectivity index (χ1n) is 34.5. The summed E-state index contributed by atoms with van der Waals surface area (Å²) in [6.07, 6.45) is 21.5. The second kappa shape index (κ2) is 32.1. The number of hydrogen-bond donors (Lipinski definition) is 13. The van der Waals surface area contributed by atoms with Gasteiger partial charge in [0.1, 0.15) is 16.6 Å². The quantitative estimate of drug-likeness (QED) is 0.0265. The Bertz CT molecular complexity index is 5560. The van der Waals surface area contributed by atoms with Crippen molar-refractivity contribution >= 4 is 101 Å². The number of nitrogens with zero attached hydrogens (tertiary/aromatic N) is 14. The molecule has 576 valence electrons. The van der Waals surface area contributed by atoms with Crippen LogP contribution in [0.2, 0.25) is 5.02 Å². The van der Waals surface area contributed by atoms with E-state index in [2.05, 4.69) is 129 Å². The van der Waals surface area contributed by atoms with Crippen molar-refractivity contribution in [2.24, 2.45) is 0 Å². The van der Waals surface area contributed by atoms with Crippen LogP contribution >= 0.6 is 11.6 Å². The summed E-state index contributed by atoms with van der Waals surface area (Å²) in [5.74, 6) is 10.9. The number of aromatic nitrogens is 16. The third kappa shape index (κ3) is 19.7. The van der Waals surface area contributed by atoms with Crippen molar-refractivity contribution in [3.63, 3.8) is 0 Å². The summed E-state index contributed by atoms with van der Waals surface area (Å²) in [5.41, 5.74) is 8.09. The second-order valence-corrected chi connectivity index (χ2v) is 31.4. The van der Waals surface area contributed by atoms with E-state index in [0.717, 1.165) is 46.9 Å². The molecule has 0 atom stereocenters. The molecule has 13 N–H and O–H groups in total. The zero-order valence-electron chi connectivity index (χ0n) is 59.2. The van der Waals surface area contributed by atoms with Crippen LogP contribution < -0.4 is 36.6 Å². The Kier molecular flexibility index (Phi) is 22.0. The van der Waals surface area contributed by atoms with Crippen molar-refractivity contribution in [2.75, 3.05) is 46.0 Å². The third-order valence-corrected chi connectivity index (χ3v) is 20.8. The SMILES string of the molecule is C#Cc1cnc(Nc2ccc(CC#N)cc2)nc1Nc1cc(C2CC2)[nH]n1.CC(C)(C)NS(=O)(=O)c1cccc(-c2ncc(O)c(Nc3cc(C4CC4)[nH]n3)n2)c1.CN(C)S(=O)(=O)c1ccc(Nc2nccc(Nc3cc(C4CC4)[nH]n3)n2)cc1.Oc1cccc(-c2ncc(Cl)c(Nc3cc(C4CC4)[nH]n3)n2)c1.[HH].[HH].[HH].[HH].[HH].[HH].[HH].[HH].[HH].[HH].[HH].[HH]. The van der Waals surface area contributed by atoms with Crippen molar-refractivity contribution in [1.29, 1.82) is 5.26 Å². The Labute approximate surface area is 645 Å². The summed E-state index contributed by atoms with van der Waals surface area (Å²) in [7, 11) is -4.15. The van der Waals surface area contributed by atoms with Crippen LogP contribution in [0.4, 0.5) is 69.8 Å². The summed E-state index contributed by atoms with van der Waals surface area (Å²) in [6.45, 7) is 5.33. The van der Waals surface area contributed by atoms with Crippen molar-refractivity contribution in [2.45, 2.75) is 118 Å². The predicted octanol–water partition coefficient (Wildman–Crippen LogP) is 16.5. The minimum absolute atomic E-state index is 0. The molecular formula is C74H100ClN25O6S2. The zero-order valence-corrected chi connectivity index (χ0v) is 61.6. The van der Waals surface area contributed by atoms with Crippen LogP contribution in [-0.4, -0.2) is 132 Å². The number of benzene rings is 4. The number of nitriles is 1. The lowest BCUT2D eigenvalue weighted by atomic mass is 10.1. The third-order valence-electron chi connectivity index (χ3n) is 16.9. The molecule has 16 rings (SSSR count). The van der Waals surface area contributed by atoms with Gasteiger partial charge in [-0.2, -0.15) is 35.6 Å². The van der Waals surface area contributed by atoms with Gasteiger partial charge < -0.3 is 42.1 Å². The number of aromatic hydroxyl groups is 2. The smallest absolute Gasteiger partial charge is 0.242 e. The van der Waals surface area contributed by atoms with Crippen molar-refractivity contribution < 1.29 is 44.2 Å². The van der Waals surface area contributed by atoms with Crippen LogP contribution in [0, 0.1) is 23.7 Å². The zero-order chi connectivity index (χ0) is 75.7. The molecule has 8 heterocycles. The summed E-state index contributed by atoms with van der Waals surface area (Å²) in [4.78, 5) is 34.9. The number of rotatable bonds is 23. The standard InChI is InChI=1S/C20H17N7.C20H24N6O3S.C18H21N7O2S.C16H14ClN5O.12H2/c1-2-14-12-22-20(23-16-7-3-13(4-8-16)9-10-21)25-19(14)24-18-11-17(26-27-18)15-5-6-15;1-20(2,3)26-30(28,29)14-6-4-5-13(9-14)18-21-11-16(27)19(23-18)22-17-10-15(24-25-17)12-7-8-12;1-25(2)28(26,27)14-7-5-13(6-8-14)20-18-19-10-9-16(22-18)21-17-11-15(23-24-17)12-3-4-12;17-12-8-18-15(10-2-1-3-11(23)6-10)20-16(12)19-14-7-13(21-22-14)9-4-5-9;;;;;;;;;;;;/h1,3-4,7-8,11-12,15H,5-6,9H2,(H3,22,23,24,25,26,27);4-6,9-12,26-27H,7-8H2,1-3H3,(H2,21,22,23,24,25);5-12H,3-4H2,1-2H3,(H3,19,20,21,22,23,24);1-3,6-9,23H,4-5H2,(H2,18,19,20,21,22);12*1H.